The zero-order chi connectivity index (χ0) is 10.1. The van der Waals surface area contributed by atoms with Gasteiger partial charge >= 0.3 is 0 Å². The average Bonchev–Trinajstić information content (AvgIpc) is 2.79. The summed E-state index contributed by atoms with van der Waals surface area (Å²) >= 11 is 0. The predicted molar refractivity (Wildman–Crippen MR) is 58.3 cm³/mol. The smallest absolute Gasteiger partial charge is 0.198 e. The molecule has 0 aromatic carbocycles. The molecule has 15 heavy (non-hydrogen) atoms. The van der Waals surface area contributed by atoms with Crippen LogP contribution in [0.5, 0.6) is 0 Å². The first-order valence-corrected chi connectivity index (χ1v) is 5.79. The number of hydrogen-bond acceptors (Lipinski definition) is 5. The molecular weight excluding hydrogens is 192 g/mol. The van der Waals surface area contributed by atoms with E-state index >= 15 is 0 Å². The lowest BCUT2D eigenvalue weighted by atomic mass is 10.2. The van der Waals surface area contributed by atoms with E-state index in [4.69, 9.17) is 4.74 Å². The van der Waals surface area contributed by atoms with Gasteiger partial charge in [-0.05, 0) is 0 Å². The Morgan fingerprint density at radius 3 is 2.93 bits per heavy atom. The lowest BCUT2D eigenvalue weighted by Gasteiger charge is -2.26. The summed E-state index contributed by atoms with van der Waals surface area (Å²) in [5, 5.41) is 6.64. The molecule has 0 aliphatic carbocycles. The maximum atomic E-state index is 5.81. The molecule has 3 rings (SSSR count). The van der Waals surface area contributed by atoms with Crippen molar-refractivity contribution < 1.29 is 4.74 Å². The first-order valence-electron chi connectivity index (χ1n) is 5.79. The second kappa shape index (κ2) is 4.08. The summed E-state index contributed by atoms with van der Waals surface area (Å²) in [7, 11) is 0. The molecule has 0 aromatic rings. The molecule has 84 valence electrons. The largest absolute Gasteiger partial charge is 0.473 e. The second-order valence-corrected chi connectivity index (χ2v) is 4.43. The molecule has 3 aliphatic rings. The standard InChI is InChI=1S/C10H18N4O/c1-3-14(4-2-11-1)7-10-13-8-5-12-6-9(8)15-10/h8-9,11-12H,1-7H2. The van der Waals surface area contributed by atoms with Crippen LogP contribution in [0.25, 0.3) is 0 Å². The van der Waals surface area contributed by atoms with Gasteiger partial charge in [-0.1, -0.05) is 0 Å². The van der Waals surface area contributed by atoms with Gasteiger partial charge in [0, 0.05) is 39.3 Å². The minimum absolute atomic E-state index is 0.308. The van der Waals surface area contributed by atoms with Gasteiger partial charge in [-0.3, -0.25) is 4.90 Å². The number of fused-ring (bicyclic) bond motifs is 1. The minimum Gasteiger partial charge on any atom is -0.473 e. The quantitative estimate of drug-likeness (QED) is 0.592. The maximum Gasteiger partial charge on any atom is 0.198 e. The first kappa shape index (κ1) is 9.57. The molecule has 0 spiro atoms. The van der Waals surface area contributed by atoms with Crippen LogP contribution in [0.4, 0.5) is 0 Å². The van der Waals surface area contributed by atoms with Gasteiger partial charge < -0.3 is 15.4 Å². The van der Waals surface area contributed by atoms with Gasteiger partial charge in [-0.15, -0.1) is 0 Å². The molecule has 5 heteroatoms. The number of nitrogens with one attached hydrogen (secondary N) is 2. The number of nitrogens with zero attached hydrogens (tertiary/aromatic N) is 2. The molecule has 0 aromatic heterocycles. The topological polar surface area (TPSA) is 48.9 Å². The summed E-state index contributed by atoms with van der Waals surface area (Å²) in [6.45, 7) is 7.22. The molecule has 2 saturated heterocycles. The minimum atomic E-state index is 0.308. The Morgan fingerprint density at radius 2 is 2.13 bits per heavy atom. The average molecular weight is 210 g/mol. The van der Waals surface area contributed by atoms with E-state index in [2.05, 4.69) is 20.5 Å². The zero-order valence-corrected chi connectivity index (χ0v) is 8.91. The van der Waals surface area contributed by atoms with Crippen LogP contribution in [0.3, 0.4) is 0 Å². The van der Waals surface area contributed by atoms with E-state index < -0.39 is 0 Å². The van der Waals surface area contributed by atoms with Crippen LogP contribution < -0.4 is 10.6 Å². The highest BCUT2D eigenvalue weighted by Crippen LogP contribution is 2.17. The molecule has 2 unspecified atom stereocenters. The van der Waals surface area contributed by atoms with Gasteiger partial charge in [0.2, 0.25) is 0 Å². The highest BCUT2D eigenvalue weighted by atomic mass is 16.5. The van der Waals surface area contributed by atoms with Crippen molar-refractivity contribution in [3.05, 3.63) is 0 Å². The molecular formula is C10H18N4O. The highest BCUT2D eigenvalue weighted by molar-refractivity contribution is 5.80. The fourth-order valence-corrected chi connectivity index (χ4v) is 2.42. The van der Waals surface area contributed by atoms with E-state index in [1.54, 1.807) is 0 Å². The Morgan fingerprint density at radius 1 is 1.27 bits per heavy atom. The van der Waals surface area contributed by atoms with Crippen molar-refractivity contribution in [3.63, 3.8) is 0 Å². The van der Waals surface area contributed by atoms with Gasteiger partial charge in [0.15, 0.2) is 5.90 Å². The first-order chi connectivity index (χ1) is 7.42. The van der Waals surface area contributed by atoms with E-state index in [1.165, 1.54) is 0 Å². The van der Waals surface area contributed by atoms with Crippen LogP contribution in [0, 0.1) is 0 Å². The van der Waals surface area contributed by atoms with Gasteiger partial charge in [-0.25, -0.2) is 4.99 Å². The molecule has 3 aliphatic heterocycles. The number of rotatable bonds is 2. The van der Waals surface area contributed by atoms with Crippen molar-refractivity contribution >= 4 is 5.90 Å². The van der Waals surface area contributed by atoms with Gasteiger partial charge in [0.1, 0.15) is 12.1 Å². The van der Waals surface area contributed by atoms with Crippen LogP contribution in [0.1, 0.15) is 0 Å². The molecule has 3 heterocycles. The summed E-state index contributed by atoms with van der Waals surface area (Å²) in [4.78, 5) is 7.02. The van der Waals surface area contributed by atoms with Crippen molar-refractivity contribution in [2.24, 2.45) is 4.99 Å². The van der Waals surface area contributed by atoms with E-state index in [9.17, 15) is 0 Å². The molecule has 0 amide bonds. The van der Waals surface area contributed by atoms with E-state index in [-0.39, 0.29) is 0 Å². The summed E-state index contributed by atoms with van der Waals surface area (Å²) in [5.41, 5.74) is 0. The number of piperazine rings is 1. The second-order valence-electron chi connectivity index (χ2n) is 4.43. The van der Waals surface area contributed by atoms with Crippen molar-refractivity contribution in [3.8, 4) is 0 Å². The van der Waals surface area contributed by atoms with Crippen LogP contribution in [-0.4, -0.2) is 68.8 Å². The van der Waals surface area contributed by atoms with Crippen molar-refractivity contribution in [2.75, 3.05) is 45.8 Å². The Kier molecular flexibility index (Phi) is 2.60. The lowest BCUT2D eigenvalue weighted by Crippen LogP contribution is -2.45. The van der Waals surface area contributed by atoms with Gasteiger partial charge in [0.25, 0.3) is 0 Å². The van der Waals surface area contributed by atoms with Crippen molar-refractivity contribution in [2.45, 2.75) is 12.1 Å². The van der Waals surface area contributed by atoms with Gasteiger partial charge in [-0.2, -0.15) is 0 Å². The highest BCUT2D eigenvalue weighted by Gasteiger charge is 2.35. The molecule has 2 N–H and O–H groups in total. The van der Waals surface area contributed by atoms with Crippen LogP contribution in [-0.2, 0) is 4.74 Å². The zero-order valence-electron chi connectivity index (χ0n) is 8.91. The van der Waals surface area contributed by atoms with Gasteiger partial charge in [0.05, 0.1) is 6.54 Å². The Labute approximate surface area is 89.9 Å². The maximum absolute atomic E-state index is 5.81. The molecule has 5 nitrogen and oxygen atoms in total. The fraction of sp³-hybridized carbons (Fsp3) is 0.900. The van der Waals surface area contributed by atoms with Crippen LogP contribution >= 0.6 is 0 Å². The molecule has 2 atom stereocenters. The fourth-order valence-electron chi connectivity index (χ4n) is 2.42. The summed E-state index contributed by atoms with van der Waals surface area (Å²) in [5.74, 6) is 0.952. The Bertz CT molecular complexity index is 262. The molecule has 2 fully saturated rings. The summed E-state index contributed by atoms with van der Waals surface area (Å²) < 4.78 is 5.81. The molecule has 0 radical (unpaired) electrons. The molecule has 0 bridgehead atoms. The summed E-state index contributed by atoms with van der Waals surface area (Å²) in [6, 6.07) is 0.378. The monoisotopic (exact) mass is 210 g/mol. The third-order valence-electron chi connectivity index (χ3n) is 3.29. The van der Waals surface area contributed by atoms with Crippen LogP contribution in [0.15, 0.2) is 4.99 Å². The predicted octanol–water partition coefficient (Wildman–Crippen LogP) is -1.34. The SMILES string of the molecule is C1CN(CC2=NC3CNCC3O2)CCN1. The third kappa shape index (κ3) is 2.00. The van der Waals surface area contributed by atoms with Crippen molar-refractivity contribution in [1.29, 1.82) is 0 Å². The summed E-state index contributed by atoms with van der Waals surface area (Å²) in [6.07, 6.45) is 0.308. The van der Waals surface area contributed by atoms with Crippen LogP contribution in [0.2, 0.25) is 0 Å². The lowest BCUT2D eigenvalue weighted by molar-refractivity contribution is 0.198. The Hall–Kier alpha value is -0.650. The van der Waals surface area contributed by atoms with E-state index in [0.29, 0.717) is 12.1 Å². The Balaban J connectivity index is 1.55. The normalized spacial score (nSPS) is 36.1. The van der Waals surface area contributed by atoms with Crippen molar-refractivity contribution in [1.82, 2.24) is 15.5 Å². The third-order valence-corrected chi connectivity index (χ3v) is 3.29. The van der Waals surface area contributed by atoms with E-state index in [0.717, 1.165) is 51.7 Å². The van der Waals surface area contributed by atoms with E-state index in [1.807, 2.05) is 0 Å². The number of ether oxygens (including phenoxy) is 1. The molecule has 0 saturated carbocycles. The number of aliphatic imine (C=N–C) groups is 1. The number of hydrogen-bond donors (Lipinski definition) is 2.